The number of unbranched alkanes of at least 4 members (excludes halogenated alkanes) is 1. The standard InChI is InChI=1S/C17H30N4O2/c1-4-5-10-22-12-13-23-11-9-19-17(18-3)20-14-16-8-6-7-15(2)21-16/h6-8H,4-5,9-14H2,1-3H3,(H2,18,19,20). The van der Waals surface area contributed by atoms with Crippen molar-refractivity contribution in [2.45, 2.75) is 33.2 Å². The number of nitrogens with zero attached hydrogens (tertiary/aromatic N) is 2. The molecule has 6 nitrogen and oxygen atoms in total. The van der Waals surface area contributed by atoms with Crippen molar-refractivity contribution in [2.75, 3.05) is 40.0 Å². The molecule has 0 fully saturated rings. The number of ether oxygens (including phenoxy) is 2. The second kappa shape index (κ2) is 12.8. The summed E-state index contributed by atoms with van der Waals surface area (Å²) in [7, 11) is 1.75. The van der Waals surface area contributed by atoms with E-state index in [2.05, 4.69) is 27.5 Å². The highest BCUT2D eigenvalue weighted by Crippen LogP contribution is 1.97. The van der Waals surface area contributed by atoms with Crippen LogP contribution in [0.5, 0.6) is 0 Å². The number of rotatable bonds is 11. The topological polar surface area (TPSA) is 67.8 Å². The van der Waals surface area contributed by atoms with Gasteiger partial charge < -0.3 is 20.1 Å². The molecule has 130 valence electrons. The number of hydrogen-bond acceptors (Lipinski definition) is 4. The SMILES string of the molecule is CCCCOCCOCCNC(=NC)NCc1cccc(C)n1. The maximum absolute atomic E-state index is 5.50. The van der Waals surface area contributed by atoms with Crippen molar-refractivity contribution in [1.82, 2.24) is 15.6 Å². The molecule has 0 spiro atoms. The molecule has 1 rings (SSSR count). The first-order valence-corrected chi connectivity index (χ1v) is 8.28. The van der Waals surface area contributed by atoms with E-state index in [0.29, 0.717) is 32.9 Å². The first kappa shape index (κ1) is 19.4. The molecule has 6 heteroatoms. The minimum absolute atomic E-state index is 0.626. The Hall–Kier alpha value is -1.66. The molecule has 0 amide bonds. The number of aryl methyl sites for hydroxylation is 1. The predicted molar refractivity (Wildman–Crippen MR) is 93.7 cm³/mol. The lowest BCUT2D eigenvalue weighted by atomic mass is 10.3. The number of hydrogen-bond donors (Lipinski definition) is 2. The molecule has 1 aromatic rings. The number of nitrogens with one attached hydrogen (secondary N) is 2. The molecule has 0 aromatic carbocycles. The summed E-state index contributed by atoms with van der Waals surface area (Å²) in [5.41, 5.74) is 2.01. The van der Waals surface area contributed by atoms with Crippen LogP contribution in [0.15, 0.2) is 23.2 Å². The summed E-state index contributed by atoms with van der Waals surface area (Å²) in [5, 5.41) is 6.45. The highest BCUT2D eigenvalue weighted by atomic mass is 16.5. The minimum Gasteiger partial charge on any atom is -0.379 e. The Balaban J connectivity index is 2.06. The van der Waals surface area contributed by atoms with Gasteiger partial charge in [-0.2, -0.15) is 0 Å². The van der Waals surface area contributed by atoms with Crippen molar-refractivity contribution < 1.29 is 9.47 Å². The van der Waals surface area contributed by atoms with Gasteiger partial charge in [0, 0.05) is 25.9 Å². The van der Waals surface area contributed by atoms with Crippen LogP contribution in [0.4, 0.5) is 0 Å². The third-order valence-corrected chi connectivity index (χ3v) is 3.16. The van der Waals surface area contributed by atoms with Crippen molar-refractivity contribution in [2.24, 2.45) is 4.99 Å². The van der Waals surface area contributed by atoms with Crippen LogP contribution in [0.3, 0.4) is 0 Å². The molecular formula is C17H30N4O2. The van der Waals surface area contributed by atoms with E-state index in [0.717, 1.165) is 36.8 Å². The maximum Gasteiger partial charge on any atom is 0.191 e. The van der Waals surface area contributed by atoms with E-state index in [1.807, 2.05) is 25.1 Å². The Labute approximate surface area is 139 Å². The molecule has 0 radical (unpaired) electrons. The second-order valence-corrected chi connectivity index (χ2v) is 5.20. The molecule has 0 saturated carbocycles. The van der Waals surface area contributed by atoms with Crippen molar-refractivity contribution in [3.8, 4) is 0 Å². The monoisotopic (exact) mass is 322 g/mol. The van der Waals surface area contributed by atoms with Crippen LogP contribution in [0, 0.1) is 6.92 Å². The summed E-state index contributed by atoms with van der Waals surface area (Å²) in [6.07, 6.45) is 2.27. The highest BCUT2D eigenvalue weighted by molar-refractivity contribution is 5.79. The molecule has 1 aromatic heterocycles. The van der Waals surface area contributed by atoms with E-state index in [9.17, 15) is 0 Å². The van der Waals surface area contributed by atoms with E-state index in [-0.39, 0.29) is 0 Å². The first-order chi connectivity index (χ1) is 11.3. The van der Waals surface area contributed by atoms with Crippen LogP contribution in [-0.2, 0) is 16.0 Å². The minimum atomic E-state index is 0.626. The summed E-state index contributed by atoms with van der Waals surface area (Å²) in [5.74, 6) is 0.746. The van der Waals surface area contributed by atoms with E-state index < -0.39 is 0 Å². The van der Waals surface area contributed by atoms with Crippen LogP contribution < -0.4 is 10.6 Å². The van der Waals surface area contributed by atoms with Gasteiger partial charge in [0.25, 0.3) is 0 Å². The van der Waals surface area contributed by atoms with Gasteiger partial charge in [-0.15, -0.1) is 0 Å². The van der Waals surface area contributed by atoms with E-state index >= 15 is 0 Å². The number of aromatic nitrogens is 1. The van der Waals surface area contributed by atoms with Crippen molar-refractivity contribution in [1.29, 1.82) is 0 Å². The third kappa shape index (κ3) is 9.86. The highest BCUT2D eigenvalue weighted by Gasteiger charge is 1.99. The summed E-state index contributed by atoms with van der Waals surface area (Å²) in [6.45, 7) is 8.23. The van der Waals surface area contributed by atoms with Crippen molar-refractivity contribution in [3.63, 3.8) is 0 Å². The van der Waals surface area contributed by atoms with Crippen LogP contribution in [-0.4, -0.2) is 51.0 Å². The molecule has 0 unspecified atom stereocenters. The van der Waals surface area contributed by atoms with Gasteiger partial charge in [-0.05, 0) is 25.5 Å². The zero-order valence-electron chi connectivity index (χ0n) is 14.6. The van der Waals surface area contributed by atoms with Crippen LogP contribution >= 0.6 is 0 Å². The fourth-order valence-corrected chi connectivity index (χ4v) is 1.90. The zero-order chi connectivity index (χ0) is 16.8. The average molecular weight is 322 g/mol. The van der Waals surface area contributed by atoms with Crippen LogP contribution in [0.1, 0.15) is 31.2 Å². The third-order valence-electron chi connectivity index (χ3n) is 3.16. The van der Waals surface area contributed by atoms with E-state index in [1.165, 1.54) is 0 Å². The van der Waals surface area contributed by atoms with Crippen molar-refractivity contribution >= 4 is 5.96 Å². The summed E-state index contributed by atoms with van der Waals surface area (Å²) >= 11 is 0. The van der Waals surface area contributed by atoms with Crippen LogP contribution in [0.2, 0.25) is 0 Å². The van der Waals surface area contributed by atoms with E-state index in [1.54, 1.807) is 7.05 Å². The summed E-state index contributed by atoms with van der Waals surface area (Å²) in [6, 6.07) is 5.99. The lowest BCUT2D eigenvalue weighted by Gasteiger charge is -2.12. The largest absolute Gasteiger partial charge is 0.379 e. The second-order valence-electron chi connectivity index (χ2n) is 5.20. The molecule has 1 heterocycles. The molecule has 0 aliphatic heterocycles. The van der Waals surface area contributed by atoms with Gasteiger partial charge >= 0.3 is 0 Å². The van der Waals surface area contributed by atoms with Gasteiger partial charge in [-0.25, -0.2) is 0 Å². The quantitative estimate of drug-likeness (QED) is 0.370. The van der Waals surface area contributed by atoms with Gasteiger partial charge in [-0.3, -0.25) is 9.98 Å². The maximum atomic E-state index is 5.50. The predicted octanol–water partition coefficient (Wildman–Crippen LogP) is 1.89. The summed E-state index contributed by atoms with van der Waals surface area (Å²) < 4.78 is 10.9. The molecule has 23 heavy (non-hydrogen) atoms. The molecule has 2 N–H and O–H groups in total. The van der Waals surface area contributed by atoms with Crippen molar-refractivity contribution in [3.05, 3.63) is 29.6 Å². The fraction of sp³-hybridized carbons (Fsp3) is 0.647. The lowest BCUT2D eigenvalue weighted by Crippen LogP contribution is -2.38. The van der Waals surface area contributed by atoms with Gasteiger partial charge in [0.05, 0.1) is 32.1 Å². The Bertz CT molecular complexity index is 452. The smallest absolute Gasteiger partial charge is 0.191 e. The number of aliphatic imine (C=N–C) groups is 1. The van der Waals surface area contributed by atoms with Gasteiger partial charge in [0.1, 0.15) is 0 Å². The van der Waals surface area contributed by atoms with Gasteiger partial charge in [0.15, 0.2) is 5.96 Å². The fourth-order valence-electron chi connectivity index (χ4n) is 1.90. The Morgan fingerprint density at radius 3 is 2.61 bits per heavy atom. The van der Waals surface area contributed by atoms with E-state index in [4.69, 9.17) is 9.47 Å². The van der Waals surface area contributed by atoms with Gasteiger partial charge in [0.2, 0.25) is 0 Å². The molecule has 0 atom stereocenters. The Morgan fingerprint density at radius 1 is 1.13 bits per heavy atom. The molecular weight excluding hydrogens is 292 g/mol. The molecule has 0 aliphatic rings. The number of guanidine groups is 1. The normalized spacial score (nSPS) is 11.5. The lowest BCUT2D eigenvalue weighted by molar-refractivity contribution is 0.0487. The Morgan fingerprint density at radius 2 is 1.91 bits per heavy atom. The molecule has 0 saturated heterocycles. The molecule has 0 bridgehead atoms. The summed E-state index contributed by atoms with van der Waals surface area (Å²) in [4.78, 5) is 8.63. The molecule has 0 aliphatic carbocycles. The van der Waals surface area contributed by atoms with Crippen LogP contribution in [0.25, 0.3) is 0 Å². The van der Waals surface area contributed by atoms with Gasteiger partial charge in [-0.1, -0.05) is 19.4 Å². The Kier molecular flexibility index (Phi) is 10.8. The zero-order valence-corrected chi connectivity index (χ0v) is 14.6. The average Bonchev–Trinajstić information content (AvgIpc) is 2.56. The number of pyridine rings is 1. The first-order valence-electron chi connectivity index (χ1n) is 8.28.